The second kappa shape index (κ2) is 8.02. The Morgan fingerprint density at radius 1 is 1.00 bits per heavy atom. The molecule has 35 heavy (non-hydrogen) atoms. The molecule has 0 bridgehead atoms. The van der Waals surface area contributed by atoms with Crippen molar-refractivity contribution in [2.75, 3.05) is 0 Å². The fraction of sp³-hybridized carbons (Fsp3) is 0.933. The fourth-order valence-electron chi connectivity index (χ4n) is 10.2. The summed E-state index contributed by atoms with van der Waals surface area (Å²) in [5.41, 5.74) is 0.740. The smallest absolute Gasteiger partial charge is 0.158 e. The van der Waals surface area contributed by atoms with Crippen LogP contribution in [0.3, 0.4) is 0 Å². The van der Waals surface area contributed by atoms with Crippen molar-refractivity contribution < 1.29 is 25.2 Å². The maximum Gasteiger partial charge on any atom is 0.158 e. The van der Waals surface area contributed by atoms with Gasteiger partial charge in [0, 0.05) is 5.92 Å². The van der Waals surface area contributed by atoms with Crippen LogP contribution in [0.2, 0.25) is 0 Å². The van der Waals surface area contributed by atoms with Crippen molar-refractivity contribution in [3.05, 3.63) is 11.6 Å². The lowest BCUT2D eigenvalue weighted by Crippen LogP contribution is -2.58. The van der Waals surface area contributed by atoms with Crippen LogP contribution in [0.1, 0.15) is 99.8 Å². The number of allylic oxidation sites excluding steroid dienone is 2. The summed E-state index contributed by atoms with van der Waals surface area (Å²) >= 11 is 0. The van der Waals surface area contributed by atoms with Gasteiger partial charge in [0.15, 0.2) is 6.29 Å². The lowest BCUT2D eigenvalue weighted by molar-refractivity contribution is -0.173. The van der Waals surface area contributed by atoms with Gasteiger partial charge in [-0.2, -0.15) is 0 Å². The topological polar surface area (TPSA) is 90.2 Å². The molecule has 4 fully saturated rings. The van der Waals surface area contributed by atoms with Crippen molar-refractivity contribution in [2.45, 2.75) is 130 Å². The van der Waals surface area contributed by atoms with E-state index in [1.165, 1.54) is 6.42 Å². The first kappa shape index (κ1) is 26.2. The highest BCUT2D eigenvalue weighted by molar-refractivity contribution is 5.33. The average molecular weight is 491 g/mol. The van der Waals surface area contributed by atoms with Crippen molar-refractivity contribution in [1.29, 1.82) is 0 Å². The van der Waals surface area contributed by atoms with Crippen molar-refractivity contribution in [1.82, 2.24) is 0 Å². The van der Waals surface area contributed by atoms with E-state index in [1.807, 2.05) is 0 Å². The van der Waals surface area contributed by atoms with Crippen LogP contribution in [-0.2, 0) is 4.74 Å². The van der Waals surface area contributed by atoms with Crippen molar-refractivity contribution in [3.8, 4) is 0 Å². The van der Waals surface area contributed by atoms with Crippen LogP contribution in [0.5, 0.6) is 0 Å². The van der Waals surface area contributed by atoms with Crippen LogP contribution in [-0.4, -0.2) is 50.6 Å². The first-order chi connectivity index (χ1) is 16.1. The van der Waals surface area contributed by atoms with E-state index in [0.717, 1.165) is 38.5 Å². The highest BCUT2D eigenvalue weighted by Crippen LogP contribution is 2.73. The average Bonchev–Trinajstić information content (AvgIpc) is 3.26. The van der Waals surface area contributed by atoms with Gasteiger partial charge < -0.3 is 25.2 Å². The van der Waals surface area contributed by atoms with E-state index >= 15 is 0 Å². The zero-order valence-electron chi connectivity index (χ0n) is 23.1. The molecule has 4 aliphatic carbocycles. The molecule has 5 heteroatoms. The van der Waals surface area contributed by atoms with Gasteiger partial charge >= 0.3 is 0 Å². The number of aliphatic hydroxyl groups is 4. The number of fused-ring (bicyclic) bond motifs is 5. The molecule has 200 valence electrons. The summed E-state index contributed by atoms with van der Waals surface area (Å²) < 4.78 is 5.87. The molecule has 1 saturated heterocycles. The fourth-order valence-corrected chi connectivity index (χ4v) is 10.2. The molecule has 6 unspecified atom stereocenters. The number of rotatable bonds is 3. The summed E-state index contributed by atoms with van der Waals surface area (Å²) in [6.45, 7) is 15.2. The van der Waals surface area contributed by atoms with Crippen LogP contribution < -0.4 is 0 Å². The Hall–Kier alpha value is -0.460. The monoisotopic (exact) mass is 490 g/mol. The molecule has 5 aliphatic rings. The van der Waals surface area contributed by atoms with Crippen LogP contribution in [0.25, 0.3) is 0 Å². The molecule has 11 atom stereocenters. The molecular formula is C30H50O5. The summed E-state index contributed by atoms with van der Waals surface area (Å²) in [5, 5.41) is 42.8. The predicted octanol–water partition coefficient (Wildman–Crippen LogP) is 4.81. The summed E-state index contributed by atoms with van der Waals surface area (Å²) in [6.07, 6.45) is 8.08. The molecule has 5 nitrogen and oxygen atoms in total. The number of hydrogen-bond donors (Lipinski definition) is 4. The lowest BCUT2D eigenvalue weighted by atomic mass is 9.41. The van der Waals surface area contributed by atoms with Crippen LogP contribution in [0.15, 0.2) is 11.6 Å². The summed E-state index contributed by atoms with van der Waals surface area (Å²) in [7, 11) is 0. The standard InChI is InChI=1S/C30H50O5/c1-26(2)22-9-8-20-19(28(22,5)13-12-23(26)31)11-15-29(6)18(10-14-30(20,29)7)17-16-21(35-25(17)33)24(32)27(3,4)34/h8,17-19,21-25,31-34H,9-16H2,1-7H3/t17-,18-,19?,21+,22?,23?,24?,25?,28+,29?,30+/m0/s1. The minimum atomic E-state index is -1.26. The Bertz CT molecular complexity index is 874. The number of hydrogen-bond acceptors (Lipinski definition) is 5. The molecule has 0 aromatic heterocycles. The van der Waals surface area contributed by atoms with Gasteiger partial charge in [-0.3, -0.25) is 0 Å². The summed E-state index contributed by atoms with van der Waals surface area (Å²) in [6, 6.07) is 0. The Labute approximate surface area is 212 Å². The molecular weight excluding hydrogens is 440 g/mol. The van der Waals surface area contributed by atoms with Crippen LogP contribution >= 0.6 is 0 Å². The normalized spacial score (nSPS) is 52.3. The molecule has 0 spiro atoms. The first-order valence-electron chi connectivity index (χ1n) is 14.2. The van der Waals surface area contributed by atoms with Gasteiger partial charge in [-0.05, 0) is 105 Å². The van der Waals surface area contributed by atoms with E-state index in [0.29, 0.717) is 24.2 Å². The van der Waals surface area contributed by atoms with Crippen molar-refractivity contribution in [2.24, 2.45) is 45.3 Å². The number of ether oxygens (including phenoxy) is 1. The molecule has 0 radical (unpaired) electrons. The van der Waals surface area contributed by atoms with Crippen LogP contribution in [0, 0.1) is 45.3 Å². The molecule has 1 aliphatic heterocycles. The van der Waals surface area contributed by atoms with E-state index in [-0.39, 0.29) is 33.7 Å². The maximum atomic E-state index is 11.0. The third-order valence-electron chi connectivity index (χ3n) is 12.7. The Morgan fingerprint density at radius 2 is 1.69 bits per heavy atom. The Balaban J connectivity index is 1.44. The predicted molar refractivity (Wildman–Crippen MR) is 136 cm³/mol. The molecule has 0 aromatic rings. The third-order valence-corrected chi connectivity index (χ3v) is 12.7. The van der Waals surface area contributed by atoms with E-state index in [2.05, 4.69) is 40.7 Å². The van der Waals surface area contributed by atoms with Gasteiger partial charge in [0.25, 0.3) is 0 Å². The second-order valence-electron chi connectivity index (χ2n) is 14.9. The largest absolute Gasteiger partial charge is 0.393 e. The maximum absolute atomic E-state index is 11.0. The Kier molecular flexibility index (Phi) is 6.00. The zero-order valence-corrected chi connectivity index (χ0v) is 23.1. The zero-order chi connectivity index (χ0) is 25.8. The summed E-state index contributed by atoms with van der Waals surface area (Å²) in [5.74, 6) is 1.39. The SMILES string of the molecule is CC(C)(O)C(O)[C@H]1C[C@@H]([C@@H]2CC[C@]3(C)C4=CCC5C(C)(C)C(O)CC[C@]5(C)C4CCC23C)C(O)O1. The molecule has 0 amide bonds. The highest BCUT2D eigenvalue weighted by Gasteiger charge is 2.66. The van der Waals surface area contributed by atoms with Gasteiger partial charge in [-0.1, -0.05) is 46.3 Å². The molecule has 5 rings (SSSR count). The van der Waals surface area contributed by atoms with Crippen molar-refractivity contribution >= 4 is 0 Å². The van der Waals surface area contributed by atoms with Gasteiger partial charge in [-0.25, -0.2) is 0 Å². The van der Waals surface area contributed by atoms with E-state index in [9.17, 15) is 20.4 Å². The van der Waals surface area contributed by atoms with E-state index < -0.39 is 24.1 Å². The highest BCUT2D eigenvalue weighted by atomic mass is 16.6. The Morgan fingerprint density at radius 3 is 2.34 bits per heavy atom. The minimum Gasteiger partial charge on any atom is -0.393 e. The molecule has 1 heterocycles. The van der Waals surface area contributed by atoms with E-state index in [4.69, 9.17) is 4.74 Å². The van der Waals surface area contributed by atoms with Crippen molar-refractivity contribution in [3.63, 3.8) is 0 Å². The summed E-state index contributed by atoms with van der Waals surface area (Å²) in [4.78, 5) is 0. The van der Waals surface area contributed by atoms with Gasteiger partial charge in [0.2, 0.25) is 0 Å². The third kappa shape index (κ3) is 3.51. The van der Waals surface area contributed by atoms with E-state index in [1.54, 1.807) is 19.4 Å². The number of aliphatic hydroxyl groups excluding tert-OH is 3. The minimum absolute atomic E-state index is 0.0170. The molecule has 3 saturated carbocycles. The quantitative estimate of drug-likeness (QED) is 0.427. The van der Waals surface area contributed by atoms with Gasteiger partial charge in [-0.15, -0.1) is 0 Å². The second-order valence-corrected chi connectivity index (χ2v) is 14.9. The van der Waals surface area contributed by atoms with Gasteiger partial charge in [0.05, 0.1) is 17.8 Å². The first-order valence-corrected chi connectivity index (χ1v) is 14.2. The molecule has 4 N–H and O–H groups in total. The molecule has 0 aromatic carbocycles. The van der Waals surface area contributed by atoms with Crippen LogP contribution in [0.4, 0.5) is 0 Å². The lowest BCUT2D eigenvalue weighted by Gasteiger charge is -2.64. The van der Waals surface area contributed by atoms with Gasteiger partial charge in [0.1, 0.15) is 6.10 Å².